The Labute approximate surface area is 274 Å². The lowest BCUT2D eigenvalue weighted by Gasteiger charge is -2.47. The molecule has 0 aromatic heterocycles. The summed E-state index contributed by atoms with van der Waals surface area (Å²) in [4.78, 5) is 32.8. The van der Waals surface area contributed by atoms with Gasteiger partial charge in [0.2, 0.25) is 0 Å². The van der Waals surface area contributed by atoms with Gasteiger partial charge in [-0.2, -0.15) is 0 Å². The van der Waals surface area contributed by atoms with E-state index in [-0.39, 0.29) is 26.2 Å². The van der Waals surface area contributed by atoms with Crippen molar-refractivity contribution >= 4 is 11.9 Å². The van der Waals surface area contributed by atoms with Gasteiger partial charge in [0.1, 0.15) is 24.4 Å². The van der Waals surface area contributed by atoms with E-state index in [4.69, 9.17) is 34.0 Å². The Kier molecular flexibility index (Phi) is 13.4. The number of hydrogen-bond donors (Lipinski definition) is 0. The number of rotatable bonds is 14. The van der Waals surface area contributed by atoms with Gasteiger partial charge in [0.05, 0.1) is 37.9 Å². The largest absolute Gasteiger partial charge is 0.458 e. The number of carbonyl (C=O) groups excluding carboxylic acids is 2. The molecule has 1 heterocycles. The van der Waals surface area contributed by atoms with Gasteiger partial charge in [-0.25, -0.2) is 4.39 Å². The molecule has 2 unspecified atom stereocenters. The number of esters is 2. The standard InChI is InChI=1S/C30H34FN9O8/c1-17(41)45-25-21(36-39-33)13-22(37-40-34)26(29(25)46-18(2)42)48-30-28(44-16-20-11-7-4-8-12-20)24(31)27(23(47-30)14-35-38-32)43-15-19-9-5-3-6-10-19/h3-12,21-30H,13-16H2,1-2H3/t21?,22?,23-,24+,25+,26-,27-,28-,29-,30-/m1/s1. The topological polar surface area (TPSA) is 236 Å². The Morgan fingerprint density at radius 1 is 0.771 bits per heavy atom. The average Bonchev–Trinajstić information content (AvgIpc) is 3.07. The van der Waals surface area contributed by atoms with Crippen molar-refractivity contribution in [2.24, 2.45) is 15.3 Å². The zero-order valence-electron chi connectivity index (χ0n) is 26.0. The van der Waals surface area contributed by atoms with Gasteiger partial charge in [-0.15, -0.1) is 0 Å². The van der Waals surface area contributed by atoms with E-state index in [2.05, 4.69) is 30.1 Å². The van der Waals surface area contributed by atoms with E-state index in [1.165, 1.54) is 0 Å². The first kappa shape index (κ1) is 35.9. The summed E-state index contributed by atoms with van der Waals surface area (Å²) in [6.07, 6.45) is -12.0. The van der Waals surface area contributed by atoms with Gasteiger partial charge < -0.3 is 28.4 Å². The Morgan fingerprint density at radius 3 is 1.81 bits per heavy atom. The fourth-order valence-electron chi connectivity index (χ4n) is 5.63. The summed E-state index contributed by atoms with van der Waals surface area (Å²) in [5, 5.41) is 11.0. The number of nitrogens with zero attached hydrogens (tertiary/aromatic N) is 9. The molecule has 1 aliphatic heterocycles. The molecule has 1 saturated heterocycles. The van der Waals surface area contributed by atoms with Crippen LogP contribution < -0.4 is 0 Å². The molecule has 2 fully saturated rings. The van der Waals surface area contributed by atoms with Crippen LogP contribution in [0.3, 0.4) is 0 Å². The van der Waals surface area contributed by atoms with E-state index >= 15 is 4.39 Å². The van der Waals surface area contributed by atoms with Gasteiger partial charge in [0.15, 0.2) is 18.6 Å². The highest BCUT2D eigenvalue weighted by molar-refractivity contribution is 5.67. The van der Waals surface area contributed by atoms with Crippen LogP contribution >= 0.6 is 0 Å². The lowest BCUT2D eigenvalue weighted by atomic mass is 9.84. The van der Waals surface area contributed by atoms with E-state index in [1.807, 2.05) is 12.1 Å². The van der Waals surface area contributed by atoms with E-state index in [0.29, 0.717) is 5.56 Å². The maximum atomic E-state index is 16.7. The lowest BCUT2D eigenvalue weighted by Crippen LogP contribution is -2.63. The van der Waals surface area contributed by atoms with Crippen LogP contribution in [0.5, 0.6) is 0 Å². The number of hydrogen-bond acceptors (Lipinski definition) is 11. The van der Waals surface area contributed by atoms with Crippen LogP contribution in [0, 0.1) is 0 Å². The summed E-state index contributed by atoms with van der Waals surface area (Å²) >= 11 is 0. The molecule has 1 aliphatic carbocycles. The molecule has 0 radical (unpaired) electrons. The SMILES string of the molecule is CC(=O)O[C@H]1[C@H](O[C@H]2O[C@H](CN=[N+]=[N-])[C@@H](OCc3ccccc3)[C@H](F)[C@H]2OCc2ccccc2)C(N=[N+]=[N-])CC(N=[N+]=[N-])[C@@H]1OC(C)=O. The van der Waals surface area contributed by atoms with Gasteiger partial charge in [0, 0.05) is 28.6 Å². The summed E-state index contributed by atoms with van der Waals surface area (Å²) in [5.74, 6) is -1.61. The summed E-state index contributed by atoms with van der Waals surface area (Å²) < 4.78 is 52.2. The molecule has 2 aromatic rings. The third kappa shape index (κ3) is 9.56. The molecular formula is C30H34FN9O8. The molecule has 18 heteroatoms. The summed E-state index contributed by atoms with van der Waals surface area (Å²) in [6, 6.07) is 15.6. The first-order valence-electron chi connectivity index (χ1n) is 15.0. The minimum Gasteiger partial charge on any atom is -0.458 e. The lowest BCUT2D eigenvalue weighted by molar-refractivity contribution is -0.325. The highest BCUT2D eigenvalue weighted by Gasteiger charge is 2.54. The molecule has 0 spiro atoms. The number of alkyl halides is 1. The normalized spacial score (nSPS) is 29.6. The van der Waals surface area contributed by atoms with Crippen molar-refractivity contribution in [3.8, 4) is 0 Å². The van der Waals surface area contributed by atoms with Gasteiger partial charge in [-0.3, -0.25) is 9.59 Å². The second kappa shape index (κ2) is 17.8. The molecule has 0 bridgehead atoms. The van der Waals surface area contributed by atoms with Gasteiger partial charge in [0.25, 0.3) is 0 Å². The Morgan fingerprint density at radius 2 is 1.29 bits per heavy atom. The smallest absolute Gasteiger partial charge is 0.303 e. The monoisotopic (exact) mass is 667 g/mol. The third-order valence-electron chi connectivity index (χ3n) is 7.65. The van der Waals surface area contributed by atoms with Crippen LogP contribution in [0.4, 0.5) is 4.39 Å². The van der Waals surface area contributed by atoms with Gasteiger partial charge in [-0.1, -0.05) is 76.0 Å². The van der Waals surface area contributed by atoms with Gasteiger partial charge >= 0.3 is 11.9 Å². The van der Waals surface area contributed by atoms with Crippen molar-refractivity contribution in [3.05, 3.63) is 103 Å². The predicted molar refractivity (Wildman–Crippen MR) is 164 cm³/mol. The maximum absolute atomic E-state index is 16.7. The molecule has 0 N–H and O–H groups in total. The number of halogens is 1. The highest BCUT2D eigenvalue weighted by atomic mass is 19.1. The van der Waals surface area contributed by atoms with Crippen LogP contribution in [-0.4, -0.2) is 79.7 Å². The second-order valence-electron chi connectivity index (χ2n) is 11.0. The van der Waals surface area contributed by atoms with E-state index in [1.54, 1.807) is 48.5 Å². The van der Waals surface area contributed by atoms with Crippen LogP contribution in [0.15, 0.2) is 76.0 Å². The molecule has 1 saturated carbocycles. The number of ether oxygens (including phenoxy) is 6. The molecule has 2 aromatic carbocycles. The Hall–Kier alpha value is -4.92. The summed E-state index contributed by atoms with van der Waals surface area (Å²) in [7, 11) is 0. The van der Waals surface area contributed by atoms with E-state index in [0.717, 1.165) is 19.4 Å². The maximum Gasteiger partial charge on any atom is 0.303 e. The zero-order valence-corrected chi connectivity index (χ0v) is 26.0. The quantitative estimate of drug-likeness (QED) is 0.107. The molecule has 2 aliphatic rings. The minimum absolute atomic E-state index is 0.0000432. The predicted octanol–water partition coefficient (Wildman–Crippen LogP) is 5.54. The summed E-state index contributed by atoms with van der Waals surface area (Å²) in [6.45, 7) is 1.77. The molecule has 254 valence electrons. The molecule has 4 rings (SSSR count). The highest BCUT2D eigenvalue weighted by Crippen LogP contribution is 2.37. The zero-order chi connectivity index (χ0) is 34.5. The van der Waals surface area contributed by atoms with Gasteiger partial charge in [-0.05, 0) is 34.1 Å². The summed E-state index contributed by atoms with van der Waals surface area (Å²) in [5.41, 5.74) is 29.1. The average molecular weight is 668 g/mol. The first-order chi connectivity index (χ1) is 23.2. The van der Waals surface area contributed by atoms with Crippen molar-refractivity contribution in [3.63, 3.8) is 0 Å². The van der Waals surface area contributed by atoms with Crippen molar-refractivity contribution in [2.75, 3.05) is 6.54 Å². The Balaban J connectivity index is 1.72. The van der Waals surface area contributed by atoms with Crippen LogP contribution in [0.2, 0.25) is 0 Å². The first-order valence-corrected chi connectivity index (χ1v) is 15.0. The molecule has 0 amide bonds. The van der Waals surface area contributed by atoms with Crippen LogP contribution in [0.1, 0.15) is 31.4 Å². The molecule has 48 heavy (non-hydrogen) atoms. The number of carbonyl (C=O) groups is 2. The second-order valence-corrected chi connectivity index (χ2v) is 11.0. The van der Waals surface area contributed by atoms with E-state index < -0.39 is 73.1 Å². The minimum atomic E-state index is -1.93. The Bertz CT molecular complexity index is 1520. The van der Waals surface area contributed by atoms with Crippen LogP contribution in [0.25, 0.3) is 31.3 Å². The molecule has 17 nitrogen and oxygen atoms in total. The molecular weight excluding hydrogens is 633 g/mol. The third-order valence-corrected chi connectivity index (χ3v) is 7.65. The number of benzene rings is 2. The fourth-order valence-corrected chi connectivity index (χ4v) is 5.63. The van der Waals surface area contributed by atoms with Crippen LogP contribution in [-0.2, 0) is 51.2 Å². The molecule has 10 atom stereocenters. The fraction of sp³-hybridized carbons (Fsp3) is 0.533. The number of azide groups is 3. The van der Waals surface area contributed by atoms with E-state index in [9.17, 15) is 20.7 Å². The van der Waals surface area contributed by atoms with Crippen molar-refractivity contribution in [1.29, 1.82) is 0 Å². The van der Waals surface area contributed by atoms with Crippen molar-refractivity contribution in [2.45, 2.75) is 94.7 Å². The van der Waals surface area contributed by atoms with Crippen molar-refractivity contribution in [1.82, 2.24) is 0 Å². The van der Waals surface area contributed by atoms with Crippen molar-refractivity contribution < 1.29 is 42.4 Å².